The molecule has 1 rings (SSSR count). The SMILES string of the molecule is Cc1cc(C(C)NC(=O)CN)c(C)[nH]1. The number of nitrogens with two attached hydrogens (primary N) is 1. The van der Waals surface area contributed by atoms with Crippen LogP contribution in [0.15, 0.2) is 6.07 Å². The van der Waals surface area contributed by atoms with Crippen LogP contribution in [0.25, 0.3) is 0 Å². The summed E-state index contributed by atoms with van der Waals surface area (Å²) in [5.41, 5.74) is 8.53. The van der Waals surface area contributed by atoms with Gasteiger partial charge < -0.3 is 16.0 Å². The van der Waals surface area contributed by atoms with Gasteiger partial charge in [0, 0.05) is 11.4 Å². The molecule has 1 aromatic rings. The number of hydrogen-bond donors (Lipinski definition) is 3. The highest BCUT2D eigenvalue weighted by atomic mass is 16.1. The summed E-state index contributed by atoms with van der Waals surface area (Å²) >= 11 is 0. The average molecular weight is 195 g/mol. The molecule has 0 fully saturated rings. The molecule has 0 saturated heterocycles. The van der Waals surface area contributed by atoms with E-state index in [-0.39, 0.29) is 18.5 Å². The normalized spacial score (nSPS) is 12.6. The number of carbonyl (C=O) groups excluding carboxylic acids is 1. The van der Waals surface area contributed by atoms with Crippen molar-refractivity contribution in [3.8, 4) is 0 Å². The first-order valence-electron chi connectivity index (χ1n) is 4.70. The zero-order chi connectivity index (χ0) is 10.7. The molecular formula is C10H17N3O. The first kappa shape index (κ1) is 10.8. The maximum absolute atomic E-state index is 11.1. The molecule has 14 heavy (non-hydrogen) atoms. The van der Waals surface area contributed by atoms with Crippen LogP contribution in [0.4, 0.5) is 0 Å². The van der Waals surface area contributed by atoms with Crippen LogP contribution in [0.5, 0.6) is 0 Å². The summed E-state index contributed by atoms with van der Waals surface area (Å²) in [7, 11) is 0. The van der Waals surface area contributed by atoms with Gasteiger partial charge in [0.25, 0.3) is 0 Å². The van der Waals surface area contributed by atoms with Crippen molar-refractivity contribution in [1.82, 2.24) is 10.3 Å². The van der Waals surface area contributed by atoms with Crippen molar-refractivity contribution in [3.63, 3.8) is 0 Å². The van der Waals surface area contributed by atoms with Gasteiger partial charge in [0.15, 0.2) is 0 Å². The van der Waals surface area contributed by atoms with Crippen LogP contribution < -0.4 is 11.1 Å². The van der Waals surface area contributed by atoms with E-state index >= 15 is 0 Å². The Bertz CT molecular complexity index is 330. The number of H-pyrrole nitrogens is 1. The summed E-state index contributed by atoms with van der Waals surface area (Å²) in [5, 5.41) is 2.82. The number of carbonyl (C=O) groups is 1. The number of hydrogen-bond acceptors (Lipinski definition) is 2. The third-order valence-corrected chi connectivity index (χ3v) is 2.22. The Labute approximate surface area is 83.9 Å². The molecule has 0 aromatic carbocycles. The molecular weight excluding hydrogens is 178 g/mol. The average Bonchev–Trinajstić information content (AvgIpc) is 2.45. The molecule has 1 aromatic heterocycles. The number of rotatable bonds is 3. The van der Waals surface area contributed by atoms with Crippen LogP contribution in [0.1, 0.15) is 29.9 Å². The van der Waals surface area contributed by atoms with Crippen LogP contribution in [-0.4, -0.2) is 17.4 Å². The summed E-state index contributed by atoms with van der Waals surface area (Å²) in [6.45, 7) is 5.97. The van der Waals surface area contributed by atoms with Gasteiger partial charge in [-0.15, -0.1) is 0 Å². The predicted octanol–water partition coefficient (Wildman–Crippen LogP) is 0.767. The van der Waals surface area contributed by atoms with E-state index in [4.69, 9.17) is 5.73 Å². The molecule has 4 heteroatoms. The zero-order valence-electron chi connectivity index (χ0n) is 8.85. The van der Waals surface area contributed by atoms with Crippen LogP contribution in [0.3, 0.4) is 0 Å². The van der Waals surface area contributed by atoms with Crippen molar-refractivity contribution in [3.05, 3.63) is 23.0 Å². The van der Waals surface area contributed by atoms with E-state index in [9.17, 15) is 4.79 Å². The van der Waals surface area contributed by atoms with E-state index in [1.807, 2.05) is 26.8 Å². The molecule has 78 valence electrons. The van der Waals surface area contributed by atoms with Crippen molar-refractivity contribution >= 4 is 5.91 Å². The van der Waals surface area contributed by atoms with Gasteiger partial charge in [-0.3, -0.25) is 4.79 Å². The predicted molar refractivity (Wildman–Crippen MR) is 55.9 cm³/mol. The Kier molecular flexibility index (Phi) is 3.30. The lowest BCUT2D eigenvalue weighted by molar-refractivity contribution is -0.120. The molecule has 0 aliphatic rings. The second-order valence-electron chi connectivity index (χ2n) is 3.53. The standard InChI is InChI=1S/C10H17N3O/c1-6-4-9(7(2)12-6)8(3)13-10(14)5-11/h4,8,12H,5,11H2,1-3H3,(H,13,14). The Morgan fingerprint density at radius 1 is 1.64 bits per heavy atom. The topological polar surface area (TPSA) is 70.9 Å². The molecule has 1 atom stereocenters. The molecule has 0 bridgehead atoms. The fourth-order valence-electron chi connectivity index (χ4n) is 1.57. The molecule has 4 nitrogen and oxygen atoms in total. The monoisotopic (exact) mass is 195 g/mol. The van der Waals surface area contributed by atoms with Crippen molar-refractivity contribution in [2.24, 2.45) is 5.73 Å². The minimum atomic E-state index is -0.129. The quantitative estimate of drug-likeness (QED) is 0.666. The van der Waals surface area contributed by atoms with Gasteiger partial charge in [-0.05, 0) is 32.4 Å². The van der Waals surface area contributed by atoms with E-state index < -0.39 is 0 Å². The molecule has 0 spiro atoms. The fraction of sp³-hybridized carbons (Fsp3) is 0.500. The third kappa shape index (κ3) is 2.35. The highest BCUT2D eigenvalue weighted by Gasteiger charge is 2.12. The maximum atomic E-state index is 11.1. The fourth-order valence-corrected chi connectivity index (χ4v) is 1.57. The van der Waals surface area contributed by atoms with E-state index in [1.54, 1.807) is 0 Å². The number of aromatic amines is 1. The van der Waals surface area contributed by atoms with Gasteiger partial charge in [-0.2, -0.15) is 0 Å². The van der Waals surface area contributed by atoms with Crippen molar-refractivity contribution in [1.29, 1.82) is 0 Å². The van der Waals surface area contributed by atoms with Crippen molar-refractivity contribution in [2.75, 3.05) is 6.54 Å². The van der Waals surface area contributed by atoms with Crippen LogP contribution in [0.2, 0.25) is 0 Å². The molecule has 1 amide bonds. The lowest BCUT2D eigenvalue weighted by atomic mass is 10.1. The Morgan fingerprint density at radius 2 is 2.29 bits per heavy atom. The van der Waals surface area contributed by atoms with Crippen LogP contribution in [-0.2, 0) is 4.79 Å². The summed E-state index contributed by atoms with van der Waals surface area (Å²) in [4.78, 5) is 14.3. The number of aromatic nitrogens is 1. The summed E-state index contributed by atoms with van der Waals surface area (Å²) in [6, 6.07) is 2.05. The summed E-state index contributed by atoms with van der Waals surface area (Å²) in [5.74, 6) is -0.129. The molecule has 0 aliphatic carbocycles. The minimum absolute atomic E-state index is 0.0102. The highest BCUT2D eigenvalue weighted by molar-refractivity contribution is 5.78. The summed E-state index contributed by atoms with van der Waals surface area (Å²) in [6.07, 6.45) is 0. The van der Waals surface area contributed by atoms with Gasteiger partial charge in [0.2, 0.25) is 5.91 Å². The zero-order valence-corrected chi connectivity index (χ0v) is 8.85. The molecule has 0 radical (unpaired) electrons. The molecule has 0 aliphatic heterocycles. The lowest BCUT2D eigenvalue weighted by Gasteiger charge is -2.12. The number of nitrogens with one attached hydrogen (secondary N) is 2. The Morgan fingerprint density at radius 3 is 2.71 bits per heavy atom. The lowest BCUT2D eigenvalue weighted by Crippen LogP contribution is -2.32. The number of aryl methyl sites for hydroxylation is 2. The van der Waals surface area contributed by atoms with E-state index in [0.717, 1.165) is 17.0 Å². The van der Waals surface area contributed by atoms with Gasteiger partial charge >= 0.3 is 0 Å². The molecule has 1 heterocycles. The Balaban J connectivity index is 2.73. The van der Waals surface area contributed by atoms with Crippen LogP contribution in [0, 0.1) is 13.8 Å². The van der Waals surface area contributed by atoms with Gasteiger partial charge in [-0.1, -0.05) is 0 Å². The van der Waals surface area contributed by atoms with E-state index in [2.05, 4.69) is 10.3 Å². The minimum Gasteiger partial charge on any atom is -0.362 e. The Hall–Kier alpha value is -1.29. The van der Waals surface area contributed by atoms with Gasteiger partial charge in [-0.25, -0.2) is 0 Å². The van der Waals surface area contributed by atoms with E-state index in [1.165, 1.54) is 0 Å². The first-order valence-corrected chi connectivity index (χ1v) is 4.70. The molecule has 0 saturated carbocycles. The number of amides is 1. The summed E-state index contributed by atoms with van der Waals surface area (Å²) < 4.78 is 0. The van der Waals surface area contributed by atoms with E-state index in [0.29, 0.717) is 0 Å². The van der Waals surface area contributed by atoms with Gasteiger partial charge in [0.1, 0.15) is 0 Å². The molecule has 1 unspecified atom stereocenters. The first-order chi connectivity index (χ1) is 6.54. The third-order valence-electron chi connectivity index (χ3n) is 2.22. The van der Waals surface area contributed by atoms with Crippen LogP contribution >= 0.6 is 0 Å². The smallest absolute Gasteiger partial charge is 0.234 e. The second-order valence-corrected chi connectivity index (χ2v) is 3.53. The molecule has 4 N–H and O–H groups in total. The van der Waals surface area contributed by atoms with Crippen molar-refractivity contribution in [2.45, 2.75) is 26.8 Å². The largest absolute Gasteiger partial charge is 0.362 e. The van der Waals surface area contributed by atoms with Gasteiger partial charge in [0.05, 0.1) is 12.6 Å². The maximum Gasteiger partial charge on any atom is 0.234 e. The second kappa shape index (κ2) is 4.28. The van der Waals surface area contributed by atoms with Crippen molar-refractivity contribution < 1.29 is 4.79 Å². The highest BCUT2D eigenvalue weighted by Crippen LogP contribution is 2.17.